The van der Waals surface area contributed by atoms with Crippen LogP contribution in [0.4, 0.5) is 11.4 Å². The number of benzene rings is 1. The first-order valence-corrected chi connectivity index (χ1v) is 8.61. The van der Waals surface area contributed by atoms with E-state index in [0.29, 0.717) is 28.5 Å². The Labute approximate surface area is 153 Å². The standard InChI is InChI=1S/C17H18N4O4S/c1-10-15(21-6-7-26-17(21)18-10)16(23)19-11-4-5-13(25-3)12(8-11)20-14(22)9-24-2/h4-8H,9H2,1-3H3,(H,19,23)(H,20,22). The van der Waals surface area contributed by atoms with E-state index in [1.54, 1.807) is 35.7 Å². The van der Waals surface area contributed by atoms with Crippen molar-refractivity contribution in [1.82, 2.24) is 9.38 Å². The van der Waals surface area contributed by atoms with Gasteiger partial charge in [-0.15, -0.1) is 11.3 Å². The van der Waals surface area contributed by atoms with Gasteiger partial charge < -0.3 is 20.1 Å². The van der Waals surface area contributed by atoms with Gasteiger partial charge in [0.05, 0.1) is 18.5 Å². The van der Waals surface area contributed by atoms with E-state index in [1.165, 1.54) is 25.6 Å². The van der Waals surface area contributed by atoms with E-state index in [0.717, 1.165) is 4.96 Å². The normalized spacial score (nSPS) is 10.7. The number of hydrogen-bond acceptors (Lipinski definition) is 6. The number of amides is 2. The molecule has 0 aliphatic carbocycles. The SMILES string of the molecule is COCC(=O)Nc1cc(NC(=O)c2c(C)nc3sccn23)ccc1OC. The van der Waals surface area contributed by atoms with E-state index in [4.69, 9.17) is 9.47 Å². The van der Waals surface area contributed by atoms with Gasteiger partial charge in [-0.2, -0.15) is 0 Å². The minimum Gasteiger partial charge on any atom is -0.495 e. The van der Waals surface area contributed by atoms with Gasteiger partial charge in [0.25, 0.3) is 5.91 Å². The molecule has 136 valence electrons. The molecule has 3 aromatic rings. The summed E-state index contributed by atoms with van der Waals surface area (Å²) in [5, 5.41) is 7.39. The van der Waals surface area contributed by atoms with Gasteiger partial charge >= 0.3 is 0 Å². The Hall–Kier alpha value is -2.91. The third-order valence-corrected chi connectivity index (χ3v) is 4.41. The average Bonchev–Trinajstić information content (AvgIpc) is 3.15. The number of aromatic nitrogens is 2. The molecule has 0 fully saturated rings. The van der Waals surface area contributed by atoms with Gasteiger partial charge in [-0.25, -0.2) is 4.98 Å². The van der Waals surface area contributed by atoms with E-state index in [9.17, 15) is 9.59 Å². The van der Waals surface area contributed by atoms with E-state index in [1.807, 2.05) is 5.38 Å². The summed E-state index contributed by atoms with van der Waals surface area (Å²) in [4.78, 5) is 29.6. The molecule has 0 bridgehead atoms. The van der Waals surface area contributed by atoms with Crippen LogP contribution >= 0.6 is 11.3 Å². The molecule has 2 heterocycles. The number of rotatable bonds is 6. The molecule has 2 N–H and O–H groups in total. The summed E-state index contributed by atoms with van der Waals surface area (Å²) in [5.74, 6) is -0.123. The van der Waals surface area contributed by atoms with Crippen LogP contribution in [0.15, 0.2) is 29.8 Å². The van der Waals surface area contributed by atoms with E-state index in [-0.39, 0.29) is 18.4 Å². The number of ether oxygens (including phenoxy) is 2. The number of carbonyl (C=O) groups is 2. The monoisotopic (exact) mass is 374 g/mol. The minimum absolute atomic E-state index is 0.0785. The molecule has 8 nitrogen and oxygen atoms in total. The lowest BCUT2D eigenvalue weighted by atomic mass is 10.2. The molecular weight excluding hydrogens is 356 g/mol. The van der Waals surface area contributed by atoms with Gasteiger partial charge in [0.15, 0.2) is 4.96 Å². The molecule has 0 saturated heterocycles. The molecule has 0 aliphatic rings. The number of anilines is 2. The zero-order valence-corrected chi connectivity index (χ0v) is 15.3. The molecule has 0 atom stereocenters. The molecule has 2 aromatic heterocycles. The predicted molar refractivity (Wildman–Crippen MR) is 99.3 cm³/mol. The van der Waals surface area contributed by atoms with Crippen molar-refractivity contribution in [3.05, 3.63) is 41.2 Å². The van der Waals surface area contributed by atoms with Crippen molar-refractivity contribution in [3.8, 4) is 5.75 Å². The fourth-order valence-electron chi connectivity index (χ4n) is 2.56. The van der Waals surface area contributed by atoms with Crippen molar-refractivity contribution in [3.63, 3.8) is 0 Å². The number of nitrogens with one attached hydrogen (secondary N) is 2. The van der Waals surface area contributed by atoms with Crippen LogP contribution in [0.5, 0.6) is 5.75 Å². The summed E-state index contributed by atoms with van der Waals surface area (Å²) in [5.41, 5.74) is 2.09. The highest BCUT2D eigenvalue weighted by molar-refractivity contribution is 7.15. The topological polar surface area (TPSA) is 94.0 Å². The molecule has 3 rings (SSSR count). The number of hydrogen-bond donors (Lipinski definition) is 2. The molecule has 26 heavy (non-hydrogen) atoms. The summed E-state index contributed by atoms with van der Waals surface area (Å²) in [6, 6.07) is 5.00. The molecule has 0 spiro atoms. The lowest BCUT2D eigenvalue weighted by Crippen LogP contribution is -2.18. The van der Waals surface area contributed by atoms with Crippen molar-refractivity contribution in [2.45, 2.75) is 6.92 Å². The van der Waals surface area contributed by atoms with Crippen LogP contribution < -0.4 is 15.4 Å². The van der Waals surface area contributed by atoms with Crippen LogP contribution in [0, 0.1) is 6.92 Å². The number of fused-ring (bicyclic) bond motifs is 1. The van der Waals surface area contributed by atoms with Gasteiger partial charge in [-0.1, -0.05) is 0 Å². The Kier molecular flexibility index (Phi) is 5.19. The van der Waals surface area contributed by atoms with Crippen molar-refractivity contribution >= 4 is 39.5 Å². The molecule has 1 aromatic carbocycles. The molecular formula is C17H18N4O4S. The third-order valence-electron chi connectivity index (χ3n) is 3.66. The fourth-order valence-corrected chi connectivity index (χ4v) is 3.32. The van der Waals surface area contributed by atoms with E-state index in [2.05, 4.69) is 15.6 Å². The summed E-state index contributed by atoms with van der Waals surface area (Å²) in [7, 11) is 2.94. The second-order valence-corrected chi connectivity index (χ2v) is 6.32. The third kappa shape index (κ3) is 3.53. The number of thiazole rings is 1. The maximum atomic E-state index is 12.7. The van der Waals surface area contributed by atoms with Gasteiger partial charge in [0.1, 0.15) is 18.1 Å². The van der Waals surface area contributed by atoms with Gasteiger partial charge in [0, 0.05) is 24.4 Å². The largest absolute Gasteiger partial charge is 0.495 e. The Balaban J connectivity index is 1.85. The van der Waals surface area contributed by atoms with Crippen LogP contribution in [0.1, 0.15) is 16.2 Å². The van der Waals surface area contributed by atoms with Crippen molar-refractivity contribution in [2.75, 3.05) is 31.5 Å². The smallest absolute Gasteiger partial charge is 0.274 e. The van der Waals surface area contributed by atoms with Gasteiger partial charge in [0.2, 0.25) is 5.91 Å². The Morgan fingerprint density at radius 1 is 1.27 bits per heavy atom. The van der Waals surface area contributed by atoms with Gasteiger partial charge in [-0.3, -0.25) is 14.0 Å². The lowest BCUT2D eigenvalue weighted by molar-refractivity contribution is -0.119. The second-order valence-electron chi connectivity index (χ2n) is 5.45. The zero-order chi connectivity index (χ0) is 18.7. The first-order chi connectivity index (χ1) is 12.5. The maximum Gasteiger partial charge on any atom is 0.274 e. The van der Waals surface area contributed by atoms with Crippen LogP contribution in [-0.4, -0.2) is 42.0 Å². The van der Waals surface area contributed by atoms with Crippen molar-refractivity contribution < 1.29 is 19.1 Å². The number of nitrogens with zero attached hydrogens (tertiary/aromatic N) is 2. The van der Waals surface area contributed by atoms with Crippen LogP contribution in [0.25, 0.3) is 4.96 Å². The number of imidazole rings is 1. The highest BCUT2D eigenvalue weighted by Crippen LogP contribution is 2.28. The Morgan fingerprint density at radius 2 is 2.08 bits per heavy atom. The molecule has 0 radical (unpaired) electrons. The minimum atomic E-state index is -0.319. The van der Waals surface area contributed by atoms with Gasteiger partial charge in [-0.05, 0) is 25.1 Å². The molecule has 0 saturated carbocycles. The van der Waals surface area contributed by atoms with E-state index >= 15 is 0 Å². The zero-order valence-electron chi connectivity index (χ0n) is 14.5. The number of methoxy groups -OCH3 is 2. The van der Waals surface area contributed by atoms with E-state index < -0.39 is 0 Å². The first-order valence-electron chi connectivity index (χ1n) is 7.73. The second kappa shape index (κ2) is 7.54. The maximum absolute atomic E-state index is 12.7. The molecule has 0 unspecified atom stereocenters. The quantitative estimate of drug-likeness (QED) is 0.692. The molecule has 0 aliphatic heterocycles. The Morgan fingerprint density at radius 3 is 2.81 bits per heavy atom. The van der Waals surface area contributed by atoms with Crippen molar-refractivity contribution in [2.24, 2.45) is 0 Å². The Bertz CT molecular complexity index is 963. The first kappa shape index (κ1) is 17.9. The van der Waals surface area contributed by atoms with Crippen LogP contribution in [0.2, 0.25) is 0 Å². The number of aryl methyl sites for hydroxylation is 1. The highest BCUT2D eigenvalue weighted by atomic mass is 32.1. The summed E-state index contributed by atoms with van der Waals surface area (Å²) in [6.45, 7) is 1.71. The lowest BCUT2D eigenvalue weighted by Gasteiger charge is -2.12. The van der Waals surface area contributed by atoms with Crippen LogP contribution in [-0.2, 0) is 9.53 Å². The highest BCUT2D eigenvalue weighted by Gasteiger charge is 2.18. The summed E-state index contributed by atoms with van der Waals surface area (Å²) in [6.07, 6.45) is 1.80. The summed E-state index contributed by atoms with van der Waals surface area (Å²) >= 11 is 1.46. The predicted octanol–water partition coefficient (Wildman–Crippen LogP) is 2.55. The van der Waals surface area contributed by atoms with Crippen LogP contribution in [0.3, 0.4) is 0 Å². The molecule has 9 heteroatoms. The summed E-state index contributed by atoms with van der Waals surface area (Å²) < 4.78 is 11.8. The molecule has 2 amide bonds. The average molecular weight is 374 g/mol. The number of carbonyl (C=O) groups excluding carboxylic acids is 2. The van der Waals surface area contributed by atoms with Crippen molar-refractivity contribution in [1.29, 1.82) is 0 Å². The fraction of sp³-hybridized carbons (Fsp3) is 0.235.